The minimum Gasteiger partial charge on any atom is -0.506 e. The number of hydrogen-bond acceptors (Lipinski definition) is 2. The van der Waals surface area contributed by atoms with Gasteiger partial charge in [-0.05, 0) is 30.9 Å². The topological polar surface area (TPSA) is 57.5 Å². The number of phenols is 1. The van der Waals surface area contributed by atoms with Crippen LogP contribution >= 0.6 is 11.6 Å². The number of halogens is 1. The number of aliphatic carboxylic acids is 1. The van der Waals surface area contributed by atoms with Crippen LogP contribution in [0.25, 0.3) is 0 Å². The Morgan fingerprint density at radius 1 is 1.47 bits per heavy atom. The fraction of sp³-hybridized carbons (Fsp3) is 0.364. The van der Waals surface area contributed by atoms with E-state index in [9.17, 15) is 9.90 Å². The van der Waals surface area contributed by atoms with Crippen molar-refractivity contribution in [2.75, 3.05) is 0 Å². The molecule has 0 spiro atoms. The molecule has 0 aromatic heterocycles. The summed E-state index contributed by atoms with van der Waals surface area (Å²) in [6.07, 6.45) is 1.21. The number of phenolic OH excluding ortho intramolecular Hbond substituents is 1. The van der Waals surface area contributed by atoms with Gasteiger partial charge < -0.3 is 10.2 Å². The number of benzene rings is 1. The van der Waals surface area contributed by atoms with Crippen molar-refractivity contribution in [3.8, 4) is 5.75 Å². The lowest BCUT2D eigenvalue weighted by Gasteiger charge is -2.07. The number of carbonyl (C=O) groups is 1. The second kappa shape index (κ2) is 5.03. The van der Waals surface area contributed by atoms with Crippen LogP contribution in [0.15, 0.2) is 12.1 Å². The van der Waals surface area contributed by atoms with E-state index in [2.05, 4.69) is 0 Å². The van der Waals surface area contributed by atoms with Gasteiger partial charge in [-0.1, -0.05) is 23.7 Å². The van der Waals surface area contributed by atoms with Gasteiger partial charge in [-0.15, -0.1) is 0 Å². The first-order valence-electron chi connectivity index (χ1n) is 4.71. The second-order valence-electron chi connectivity index (χ2n) is 3.45. The van der Waals surface area contributed by atoms with E-state index in [-0.39, 0.29) is 12.2 Å². The first-order valence-corrected chi connectivity index (χ1v) is 5.09. The molecule has 0 aliphatic rings. The fourth-order valence-electron chi connectivity index (χ4n) is 1.33. The van der Waals surface area contributed by atoms with Gasteiger partial charge in [-0.25, -0.2) is 0 Å². The van der Waals surface area contributed by atoms with Gasteiger partial charge in [0.25, 0.3) is 0 Å². The van der Waals surface area contributed by atoms with Crippen LogP contribution in [0.1, 0.15) is 24.0 Å². The van der Waals surface area contributed by atoms with Crippen LogP contribution < -0.4 is 0 Å². The van der Waals surface area contributed by atoms with Gasteiger partial charge in [-0.3, -0.25) is 4.79 Å². The molecule has 15 heavy (non-hydrogen) atoms. The van der Waals surface area contributed by atoms with Crippen molar-refractivity contribution in [2.24, 2.45) is 0 Å². The summed E-state index contributed by atoms with van der Waals surface area (Å²) < 4.78 is 0. The Labute approximate surface area is 93.3 Å². The molecule has 1 rings (SSSR count). The summed E-state index contributed by atoms with van der Waals surface area (Å²) in [4.78, 5) is 10.3. The van der Waals surface area contributed by atoms with Crippen molar-refractivity contribution in [3.05, 3.63) is 28.3 Å². The van der Waals surface area contributed by atoms with E-state index in [1.807, 2.05) is 6.07 Å². The Hall–Kier alpha value is -1.22. The normalized spacial score (nSPS) is 10.3. The highest BCUT2D eigenvalue weighted by Crippen LogP contribution is 2.31. The Morgan fingerprint density at radius 3 is 2.73 bits per heavy atom. The van der Waals surface area contributed by atoms with E-state index in [4.69, 9.17) is 16.7 Å². The highest BCUT2D eigenvalue weighted by Gasteiger charge is 2.08. The molecule has 0 aliphatic carbocycles. The molecular weight excluding hydrogens is 216 g/mol. The van der Waals surface area contributed by atoms with Crippen LogP contribution in [0.3, 0.4) is 0 Å². The molecule has 0 amide bonds. The first kappa shape index (κ1) is 11.9. The van der Waals surface area contributed by atoms with Gasteiger partial charge in [0.05, 0.1) is 5.02 Å². The molecule has 3 nitrogen and oxygen atoms in total. The van der Waals surface area contributed by atoms with Gasteiger partial charge in [0.15, 0.2) is 0 Å². The van der Waals surface area contributed by atoms with Gasteiger partial charge >= 0.3 is 5.97 Å². The maximum Gasteiger partial charge on any atom is 0.303 e. The van der Waals surface area contributed by atoms with Gasteiger partial charge in [0.2, 0.25) is 0 Å². The molecule has 82 valence electrons. The minimum atomic E-state index is -0.817. The summed E-state index contributed by atoms with van der Waals surface area (Å²) >= 11 is 5.92. The molecule has 0 fully saturated rings. The maximum absolute atomic E-state index is 10.3. The third kappa shape index (κ3) is 3.13. The number of hydrogen-bond donors (Lipinski definition) is 2. The molecule has 0 saturated carbocycles. The number of aromatic hydroxyl groups is 1. The summed E-state index contributed by atoms with van der Waals surface area (Å²) in [5.74, 6) is -0.730. The molecule has 0 heterocycles. The van der Waals surface area contributed by atoms with E-state index < -0.39 is 5.97 Å². The van der Waals surface area contributed by atoms with Gasteiger partial charge in [0.1, 0.15) is 5.75 Å². The van der Waals surface area contributed by atoms with Crippen molar-refractivity contribution in [1.82, 2.24) is 0 Å². The largest absolute Gasteiger partial charge is 0.506 e. The van der Waals surface area contributed by atoms with Gasteiger partial charge in [0, 0.05) is 6.42 Å². The Kier molecular flexibility index (Phi) is 3.97. The summed E-state index contributed by atoms with van der Waals surface area (Å²) in [6.45, 7) is 1.77. The molecule has 0 bridgehead atoms. The average molecular weight is 229 g/mol. The number of carboxylic acid groups (broad SMARTS) is 1. The Bertz CT molecular complexity index is 374. The number of carboxylic acids is 1. The number of aryl methyl sites for hydroxylation is 2. The summed E-state index contributed by atoms with van der Waals surface area (Å²) in [7, 11) is 0. The van der Waals surface area contributed by atoms with Crippen molar-refractivity contribution < 1.29 is 15.0 Å². The van der Waals surface area contributed by atoms with Crippen LogP contribution in [0.4, 0.5) is 0 Å². The molecule has 1 aromatic rings. The third-order valence-corrected chi connectivity index (χ3v) is 2.66. The Balaban J connectivity index is 2.70. The molecular formula is C11H13ClO3. The number of rotatable bonds is 4. The minimum absolute atomic E-state index is 0.0875. The van der Waals surface area contributed by atoms with Crippen molar-refractivity contribution in [1.29, 1.82) is 0 Å². The lowest BCUT2D eigenvalue weighted by atomic mass is 10.1. The molecule has 2 N–H and O–H groups in total. The predicted octanol–water partition coefficient (Wildman–Crippen LogP) is 2.76. The fourth-order valence-corrected chi connectivity index (χ4v) is 1.63. The van der Waals surface area contributed by atoms with Crippen LogP contribution in [-0.2, 0) is 11.2 Å². The predicted molar refractivity (Wildman–Crippen MR) is 58.4 cm³/mol. The lowest BCUT2D eigenvalue weighted by molar-refractivity contribution is -0.137. The van der Waals surface area contributed by atoms with Crippen LogP contribution in [0, 0.1) is 6.92 Å². The molecule has 0 unspecified atom stereocenters. The van der Waals surface area contributed by atoms with Crippen molar-refractivity contribution >= 4 is 17.6 Å². The summed E-state index contributed by atoms with van der Waals surface area (Å²) in [5.41, 5.74) is 1.52. The van der Waals surface area contributed by atoms with E-state index in [0.29, 0.717) is 17.9 Å². The monoisotopic (exact) mass is 228 g/mol. The highest BCUT2D eigenvalue weighted by atomic mass is 35.5. The van der Waals surface area contributed by atoms with Crippen molar-refractivity contribution in [2.45, 2.75) is 26.2 Å². The standard InChI is InChI=1S/C11H13ClO3/c1-7-5-6-8(10(12)11(7)15)3-2-4-9(13)14/h5-6,15H,2-4H2,1H3,(H,13,14). The quantitative estimate of drug-likeness (QED) is 0.833. The lowest BCUT2D eigenvalue weighted by Crippen LogP contribution is -1.96. The average Bonchev–Trinajstić information content (AvgIpc) is 2.18. The van der Waals surface area contributed by atoms with Crippen LogP contribution in [0.2, 0.25) is 5.02 Å². The van der Waals surface area contributed by atoms with E-state index in [1.165, 1.54) is 0 Å². The molecule has 0 aliphatic heterocycles. The Morgan fingerprint density at radius 2 is 2.13 bits per heavy atom. The van der Waals surface area contributed by atoms with Gasteiger partial charge in [-0.2, -0.15) is 0 Å². The molecule has 4 heteroatoms. The zero-order valence-corrected chi connectivity index (χ0v) is 9.21. The molecule has 0 atom stereocenters. The second-order valence-corrected chi connectivity index (χ2v) is 3.83. The smallest absolute Gasteiger partial charge is 0.303 e. The van der Waals surface area contributed by atoms with Crippen molar-refractivity contribution in [3.63, 3.8) is 0 Å². The summed E-state index contributed by atoms with van der Waals surface area (Å²) in [5, 5.41) is 18.4. The first-order chi connectivity index (χ1) is 7.02. The highest BCUT2D eigenvalue weighted by molar-refractivity contribution is 6.32. The van der Waals surface area contributed by atoms with E-state index >= 15 is 0 Å². The third-order valence-electron chi connectivity index (χ3n) is 2.23. The molecule has 1 aromatic carbocycles. The van der Waals surface area contributed by atoms with Crippen LogP contribution in [0.5, 0.6) is 5.75 Å². The molecule has 0 saturated heterocycles. The summed E-state index contributed by atoms with van der Waals surface area (Å²) in [6, 6.07) is 3.59. The maximum atomic E-state index is 10.3. The SMILES string of the molecule is Cc1ccc(CCCC(=O)O)c(Cl)c1O. The van der Waals surface area contributed by atoms with E-state index in [0.717, 1.165) is 11.1 Å². The van der Waals surface area contributed by atoms with Crippen LogP contribution in [-0.4, -0.2) is 16.2 Å². The molecule has 0 radical (unpaired) electrons. The zero-order valence-electron chi connectivity index (χ0n) is 8.46. The van der Waals surface area contributed by atoms with E-state index in [1.54, 1.807) is 13.0 Å². The zero-order chi connectivity index (χ0) is 11.4.